The molecule has 4 heteroatoms. The zero-order valence-electron chi connectivity index (χ0n) is 13.6. The second-order valence-electron chi connectivity index (χ2n) is 6.18. The first-order valence-electron chi connectivity index (χ1n) is 8.84. The number of unbranched alkanes of at least 4 members (excludes halogenated alkanes) is 9. The van der Waals surface area contributed by atoms with Crippen LogP contribution in [0, 0.1) is 0 Å². The van der Waals surface area contributed by atoms with Gasteiger partial charge in [-0.2, -0.15) is 0 Å². The molecule has 0 bridgehead atoms. The Kier molecular flexibility index (Phi) is 11.1. The molecule has 0 spiro atoms. The maximum absolute atomic E-state index is 11.0. The lowest BCUT2D eigenvalue weighted by atomic mass is 10.1. The second-order valence-corrected chi connectivity index (χ2v) is 7.49. The Hall–Kier alpha value is -0.220. The van der Waals surface area contributed by atoms with Crippen LogP contribution in [0.5, 0.6) is 0 Å². The summed E-state index contributed by atoms with van der Waals surface area (Å²) in [5, 5.41) is 12.6. The van der Waals surface area contributed by atoms with E-state index in [9.17, 15) is 4.79 Å². The van der Waals surface area contributed by atoms with Gasteiger partial charge in [-0.15, -0.1) is 11.8 Å². The van der Waals surface area contributed by atoms with Crippen molar-refractivity contribution in [1.29, 1.82) is 0 Å². The monoisotopic (exact) mass is 315 g/mol. The Bertz CT molecular complexity index is 274. The van der Waals surface area contributed by atoms with Crippen LogP contribution in [0.4, 0.5) is 0 Å². The van der Waals surface area contributed by atoms with Crippen LogP contribution in [0.1, 0.15) is 84.0 Å². The van der Waals surface area contributed by atoms with Crippen LogP contribution in [0.3, 0.4) is 0 Å². The lowest BCUT2D eigenvalue weighted by Crippen LogP contribution is -2.45. The van der Waals surface area contributed by atoms with E-state index >= 15 is 0 Å². The van der Waals surface area contributed by atoms with Gasteiger partial charge in [0.05, 0.1) is 5.37 Å². The van der Waals surface area contributed by atoms with Gasteiger partial charge in [-0.25, -0.2) is 0 Å². The molecule has 0 aromatic rings. The quantitative estimate of drug-likeness (QED) is 0.508. The van der Waals surface area contributed by atoms with Crippen LogP contribution >= 0.6 is 11.8 Å². The summed E-state index contributed by atoms with van der Waals surface area (Å²) < 4.78 is 0. The number of rotatable bonds is 12. The van der Waals surface area contributed by atoms with Crippen molar-refractivity contribution in [2.24, 2.45) is 0 Å². The molecule has 0 saturated carbocycles. The van der Waals surface area contributed by atoms with Crippen molar-refractivity contribution in [3.63, 3.8) is 0 Å². The van der Waals surface area contributed by atoms with Gasteiger partial charge >= 0.3 is 5.97 Å². The van der Waals surface area contributed by atoms with Crippen LogP contribution in [0.2, 0.25) is 0 Å². The molecule has 21 heavy (non-hydrogen) atoms. The molecule has 0 aromatic heterocycles. The molecule has 1 fully saturated rings. The molecule has 1 aliphatic heterocycles. The van der Waals surface area contributed by atoms with Crippen molar-refractivity contribution in [3.8, 4) is 0 Å². The fourth-order valence-electron chi connectivity index (χ4n) is 2.86. The van der Waals surface area contributed by atoms with Gasteiger partial charge in [-0.3, -0.25) is 10.1 Å². The predicted molar refractivity (Wildman–Crippen MR) is 91.9 cm³/mol. The molecular formula is C17H33NO2S. The van der Waals surface area contributed by atoms with E-state index in [1.807, 2.05) is 11.8 Å². The third-order valence-corrected chi connectivity index (χ3v) is 5.48. The Morgan fingerprint density at radius 2 is 1.62 bits per heavy atom. The normalized spacial score (nSPS) is 22.3. The zero-order chi connectivity index (χ0) is 15.3. The van der Waals surface area contributed by atoms with Crippen LogP contribution < -0.4 is 5.32 Å². The number of carbonyl (C=O) groups is 1. The second kappa shape index (κ2) is 12.3. The van der Waals surface area contributed by atoms with Crippen molar-refractivity contribution >= 4 is 17.7 Å². The van der Waals surface area contributed by atoms with Crippen LogP contribution in [-0.4, -0.2) is 28.2 Å². The Labute approximate surface area is 134 Å². The van der Waals surface area contributed by atoms with Gasteiger partial charge in [0.15, 0.2) is 0 Å². The largest absolute Gasteiger partial charge is 0.480 e. The minimum absolute atomic E-state index is 0.320. The smallest absolute Gasteiger partial charge is 0.320 e. The molecule has 1 rings (SSSR count). The first-order valence-corrected chi connectivity index (χ1v) is 9.89. The van der Waals surface area contributed by atoms with E-state index in [-0.39, 0.29) is 6.04 Å². The molecule has 0 radical (unpaired) electrons. The van der Waals surface area contributed by atoms with Gasteiger partial charge in [0, 0.05) is 0 Å². The number of hydrogen-bond acceptors (Lipinski definition) is 3. The van der Waals surface area contributed by atoms with Gasteiger partial charge in [0.2, 0.25) is 0 Å². The van der Waals surface area contributed by atoms with Crippen LogP contribution in [0.25, 0.3) is 0 Å². The van der Waals surface area contributed by atoms with E-state index in [4.69, 9.17) is 5.11 Å². The summed E-state index contributed by atoms with van der Waals surface area (Å²) in [5.74, 6) is 0.287. The zero-order valence-corrected chi connectivity index (χ0v) is 14.4. The highest BCUT2D eigenvalue weighted by atomic mass is 32.2. The van der Waals surface area contributed by atoms with Crippen LogP contribution in [0.15, 0.2) is 0 Å². The summed E-state index contributed by atoms with van der Waals surface area (Å²) in [5.41, 5.74) is 0. The lowest BCUT2D eigenvalue weighted by Gasteiger charge is -2.28. The van der Waals surface area contributed by atoms with E-state index in [0.717, 1.165) is 18.6 Å². The van der Waals surface area contributed by atoms with Crippen molar-refractivity contribution in [2.45, 2.75) is 95.4 Å². The third-order valence-electron chi connectivity index (χ3n) is 4.23. The van der Waals surface area contributed by atoms with Gasteiger partial charge in [0.1, 0.15) is 6.04 Å². The summed E-state index contributed by atoms with van der Waals surface area (Å²) >= 11 is 1.89. The van der Waals surface area contributed by atoms with E-state index in [0.29, 0.717) is 5.37 Å². The molecule has 0 amide bonds. The summed E-state index contributed by atoms with van der Waals surface area (Å²) in [6.45, 7) is 2.26. The average molecular weight is 316 g/mol. The van der Waals surface area contributed by atoms with Gasteiger partial charge in [0.25, 0.3) is 0 Å². The Balaban J connectivity index is 1.89. The maximum Gasteiger partial charge on any atom is 0.320 e. The Morgan fingerprint density at radius 1 is 1.05 bits per heavy atom. The highest BCUT2D eigenvalue weighted by molar-refractivity contribution is 7.99. The summed E-state index contributed by atoms with van der Waals surface area (Å²) in [7, 11) is 0. The molecule has 124 valence electrons. The van der Waals surface area contributed by atoms with Gasteiger partial charge < -0.3 is 5.11 Å². The van der Waals surface area contributed by atoms with Gasteiger partial charge in [-0.1, -0.05) is 71.1 Å². The molecule has 1 heterocycles. The summed E-state index contributed by atoms with van der Waals surface area (Å²) in [6, 6.07) is -0.320. The fraction of sp³-hybridized carbons (Fsp3) is 0.941. The molecule has 0 aromatic carbocycles. The summed E-state index contributed by atoms with van der Waals surface area (Å²) in [6.07, 6.45) is 15.4. The summed E-state index contributed by atoms with van der Waals surface area (Å²) in [4.78, 5) is 11.0. The first-order chi connectivity index (χ1) is 10.2. The van der Waals surface area contributed by atoms with Crippen molar-refractivity contribution in [3.05, 3.63) is 0 Å². The molecule has 3 nitrogen and oxygen atoms in total. The fourth-order valence-corrected chi connectivity index (χ4v) is 4.11. The minimum Gasteiger partial charge on any atom is -0.480 e. The third kappa shape index (κ3) is 9.41. The van der Waals surface area contributed by atoms with E-state index in [1.165, 1.54) is 64.2 Å². The SMILES string of the molecule is CCCCCCCCCCCC[C@@H]1N[C@@H](C(=O)O)CCS1. The van der Waals surface area contributed by atoms with Crippen molar-refractivity contribution in [2.75, 3.05) is 5.75 Å². The number of aliphatic carboxylic acids is 1. The first kappa shape index (κ1) is 18.8. The molecule has 0 aliphatic carbocycles. The number of carboxylic acid groups (broad SMARTS) is 1. The average Bonchev–Trinajstić information content (AvgIpc) is 2.49. The molecule has 1 aliphatic rings. The highest BCUT2D eigenvalue weighted by Crippen LogP contribution is 2.23. The topological polar surface area (TPSA) is 49.3 Å². The number of hydrogen-bond donors (Lipinski definition) is 2. The Morgan fingerprint density at radius 3 is 2.19 bits per heavy atom. The van der Waals surface area contributed by atoms with E-state index in [1.54, 1.807) is 0 Å². The van der Waals surface area contributed by atoms with Crippen LogP contribution in [-0.2, 0) is 4.79 Å². The molecule has 0 unspecified atom stereocenters. The standard InChI is InChI=1S/C17H33NO2S/c1-2-3-4-5-6-7-8-9-10-11-12-16-18-15(17(19)20)13-14-21-16/h15-16,18H,2-14H2,1H3,(H,19,20)/t15-,16-/m1/s1. The molecule has 2 atom stereocenters. The number of thioether (sulfide) groups is 1. The predicted octanol–water partition coefficient (Wildman–Crippen LogP) is 4.80. The number of nitrogens with one attached hydrogen (secondary N) is 1. The highest BCUT2D eigenvalue weighted by Gasteiger charge is 2.25. The minimum atomic E-state index is -0.691. The van der Waals surface area contributed by atoms with Crippen molar-refractivity contribution in [1.82, 2.24) is 5.32 Å². The van der Waals surface area contributed by atoms with E-state index < -0.39 is 5.97 Å². The van der Waals surface area contributed by atoms with E-state index in [2.05, 4.69) is 12.2 Å². The van der Waals surface area contributed by atoms with Gasteiger partial charge in [-0.05, 0) is 18.6 Å². The molecule has 2 N–H and O–H groups in total. The molecule has 1 saturated heterocycles. The number of carboxylic acids is 1. The maximum atomic E-state index is 11.0. The molecular weight excluding hydrogens is 282 g/mol. The van der Waals surface area contributed by atoms with Crippen molar-refractivity contribution < 1.29 is 9.90 Å². The lowest BCUT2D eigenvalue weighted by molar-refractivity contribution is -0.139.